The standard InChI is InChI=1S/C20H21N3O4S/c1-25-15-6-5-14(12-16(15)26-2)20(24)23-9-7-13(8-10-23)19-21-18(22-27-19)17-4-3-11-28-17/h3-6,11-13H,7-10H2,1-2H3. The molecule has 8 heteroatoms. The van der Waals surface area contributed by atoms with Gasteiger partial charge in [-0.15, -0.1) is 11.3 Å². The highest BCUT2D eigenvalue weighted by Crippen LogP contribution is 2.32. The molecule has 0 spiro atoms. The van der Waals surface area contributed by atoms with Crippen LogP contribution < -0.4 is 9.47 Å². The number of hydrogen-bond acceptors (Lipinski definition) is 7. The molecule has 1 aliphatic heterocycles. The van der Waals surface area contributed by atoms with Gasteiger partial charge in [0.15, 0.2) is 11.5 Å². The van der Waals surface area contributed by atoms with Crippen molar-refractivity contribution in [2.75, 3.05) is 27.3 Å². The van der Waals surface area contributed by atoms with E-state index in [1.54, 1.807) is 43.8 Å². The number of piperidine rings is 1. The fourth-order valence-corrected chi connectivity index (χ4v) is 4.04. The molecule has 28 heavy (non-hydrogen) atoms. The second-order valence-corrected chi connectivity index (χ2v) is 7.52. The van der Waals surface area contributed by atoms with Crippen LogP contribution in [0.3, 0.4) is 0 Å². The Balaban J connectivity index is 1.41. The average molecular weight is 399 g/mol. The maximum absolute atomic E-state index is 12.8. The number of rotatable bonds is 5. The number of thiophene rings is 1. The minimum atomic E-state index is -0.00999. The van der Waals surface area contributed by atoms with Crippen molar-refractivity contribution in [2.24, 2.45) is 0 Å². The van der Waals surface area contributed by atoms with E-state index in [1.807, 2.05) is 22.4 Å². The number of hydrogen-bond donors (Lipinski definition) is 0. The van der Waals surface area contributed by atoms with Crippen molar-refractivity contribution in [3.63, 3.8) is 0 Å². The van der Waals surface area contributed by atoms with Crippen LogP contribution in [0.2, 0.25) is 0 Å². The minimum absolute atomic E-state index is 0.00999. The monoisotopic (exact) mass is 399 g/mol. The number of likely N-dealkylation sites (tertiary alicyclic amines) is 1. The molecule has 0 N–H and O–H groups in total. The molecule has 3 heterocycles. The number of aromatic nitrogens is 2. The largest absolute Gasteiger partial charge is 0.493 e. The van der Waals surface area contributed by atoms with Crippen LogP contribution in [0.25, 0.3) is 10.7 Å². The molecule has 3 aromatic rings. The van der Waals surface area contributed by atoms with Gasteiger partial charge in [0, 0.05) is 24.6 Å². The van der Waals surface area contributed by atoms with Crippen LogP contribution in [-0.4, -0.2) is 48.3 Å². The Bertz CT molecular complexity index is 946. The lowest BCUT2D eigenvalue weighted by atomic mass is 9.96. The van der Waals surface area contributed by atoms with Crippen LogP contribution in [0.5, 0.6) is 11.5 Å². The summed E-state index contributed by atoms with van der Waals surface area (Å²) in [7, 11) is 3.14. The third kappa shape index (κ3) is 3.60. The van der Waals surface area contributed by atoms with Gasteiger partial charge in [0.25, 0.3) is 5.91 Å². The molecule has 1 aliphatic rings. The number of benzene rings is 1. The quantitative estimate of drug-likeness (QED) is 0.649. The van der Waals surface area contributed by atoms with Gasteiger partial charge in [0.2, 0.25) is 11.7 Å². The second-order valence-electron chi connectivity index (χ2n) is 6.57. The van der Waals surface area contributed by atoms with Crippen molar-refractivity contribution in [3.05, 3.63) is 47.2 Å². The molecule has 0 bridgehead atoms. The Morgan fingerprint density at radius 2 is 1.96 bits per heavy atom. The van der Waals surface area contributed by atoms with E-state index in [9.17, 15) is 4.79 Å². The van der Waals surface area contributed by atoms with Crippen molar-refractivity contribution in [1.82, 2.24) is 15.0 Å². The predicted octanol–water partition coefficient (Wildman–Crippen LogP) is 3.84. The Morgan fingerprint density at radius 3 is 2.64 bits per heavy atom. The van der Waals surface area contributed by atoms with Crippen molar-refractivity contribution >= 4 is 17.2 Å². The summed E-state index contributed by atoms with van der Waals surface area (Å²) in [6.07, 6.45) is 1.59. The number of carbonyl (C=O) groups is 1. The molecule has 1 fully saturated rings. The molecule has 2 aromatic heterocycles. The van der Waals surface area contributed by atoms with Gasteiger partial charge in [-0.05, 0) is 42.5 Å². The highest BCUT2D eigenvalue weighted by atomic mass is 32.1. The van der Waals surface area contributed by atoms with Gasteiger partial charge in [0.05, 0.1) is 19.1 Å². The SMILES string of the molecule is COc1ccc(C(=O)N2CCC(c3nc(-c4cccs4)no3)CC2)cc1OC. The lowest BCUT2D eigenvalue weighted by Gasteiger charge is -2.30. The molecule has 4 rings (SSSR count). The number of nitrogens with zero attached hydrogens (tertiary/aromatic N) is 3. The van der Waals surface area contributed by atoms with Crippen LogP contribution >= 0.6 is 11.3 Å². The molecule has 0 atom stereocenters. The molecule has 1 saturated heterocycles. The zero-order valence-electron chi connectivity index (χ0n) is 15.8. The molecule has 1 amide bonds. The molecule has 0 unspecified atom stereocenters. The van der Waals surface area contributed by atoms with Crippen LogP contribution in [0.15, 0.2) is 40.2 Å². The fraction of sp³-hybridized carbons (Fsp3) is 0.350. The zero-order valence-corrected chi connectivity index (χ0v) is 16.6. The topological polar surface area (TPSA) is 77.7 Å². The Morgan fingerprint density at radius 1 is 1.18 bits per heavy atom. The third-order valence-electron chi connectivity index (χ3n) is 4.95. The normalized spacial score (nSPS) is 14.9. The van der Waals surface area contributed by atoms with Gasteiger partial charge >= 0.3 is 0 Å². The summed E-state index contributed by atoms with van der Waals surface area (Å²) in [6, 6.07) is 9.18. The highest BCUT2D eigenvalue weighted by Gasteiger charge is 2.28. The van der Waals surface area contributed by atoms with Crippen molar-refractivity contribution < 1.29 is 18.8 Å². The number of carbonyl (C=O) groups excluding carboxylic acids is 1. The van der Waals surface area contributed by atoms with E-state index in [0.29, 0.717) is 41.9 Å². The van der Waals surface area contributed by atoms with Crippen LogP contribution in [0.4, 0.5) is 0 Å². The van der Waals surface area contributed by atoms with Gasteiger partial charge in [-0.25, -0.2) is 0 Å². The van der Waals surface area contributed by atoms with Gasteiger partial charge in [0.1, 0.15) is 0 Å². The highest BCUT2D eigenvalue weighted by molar-refractivity contribution is 7.13. The van der Waals surface area contributed by atoms with Crippen molar-refractivity contribution in [2.45, 2.75) is 18.8 Å². The van der Waals surface area contributed by atoms with E-state index in [1.165, 1.54) is 0 Å². The maximum atomic E-state index is 12.8. The number of ether oxygens (including phenoxy) is 2. The molecule has 146 valence electrons. The first-order valence-electron chi connectivity index (χ1n) is 9.08. The first-order chi connectivity index (χ1) is 13.7. The molecular formula is C20H21N3O4S. The second kappa shape index (κ2) is 8.02. The molecule has 0 radical (unpaired) electrons. The Hall–Kier alpha value is -2.87. The van der Waals surface area contributed by atoms with Gasteiger partial charge < -0.3 is 18.9 Å². The Kier molecular flexibility index (Phi) is 5.29. The van der Waals surface area contributed by atoms with Crippen LogP contribution in [0.1, 0.15) is 35.0 Å². The van der Waals surface area contributed by atoms with Crippen molar-refractivity contribution in [1.29, 1.82) is 0 Å². The summed E-state index contributed by atoms with van der Waals surface area (Å²) >= 11 is 1.59. The lowest BCUT2D eigenvalue weighted by molar-refractivity contribution is 0.0704. The number of amides is 1. The first-order valence-corrected chi connectivity index (χ1v) is 9.96. The molecular weight excluding hydrogens is 378 g/mol. The molecule has 0 saturated carbocycles. The van der Waals surface area contributed by atoms with Crippen LogP contribution in [-0.2, 0) is 0 Å². The average Bonchev–Trinajstić information content (AvgIpc) is 3.44. The molecule has 0 aliphatic carbocycles. The van der Waals surface area contributed by atoms with E-state index in [2.05, 4.69) is 10.1 Å². The summed E-state index contributed by atoms with van der Waals surface area (Å²) in [5, 5.41) is 6.08. The van der Waals surface area contributed by atoms with Gasteiger partial charge in [-0.1, -0.05) is 11.2 Å². The third-order valence-corrected chi connectivity index (χ3v) is 5.81. The smallest absolute Gasteiger partial charge is 0.253 e. The van der Waals surface area contributed by atoms with Crippen LogP contribution in [0, 0.1) is 0 Å². The number of methoxy groups -OCH3 is 2. The first kappa shape index (κ1) is 18.5. The summed E-state index contributed by atoms with van der Waals surface area (Å²) < 4.78 is 16.0. The van der Waals surface area contributed by atoms with E-state index < -0.39 is 0 Å². The maximum Gasteiger partial charge on any atom is 0.253 e. The van der Waals surface area contributed by atoms with E-state index >= 15 is 0 Å². The van der Waals surface area contributed by atoms with E-state index in [-0.39, 0.29) is 11.8 Å². The zero-order chi connectivity index (χ0) is 19.5. The molecule has 1 aromatic carbocycles. The summed E-state index contributed by atoms with van der Waals surface area (Å²) in [5.74, 6) is 2.61. The van der Waals surface area contributed by atoms with E-state index in [4.69, 9.17) is 14.0 Å². The summed E-state index contributed by atoms with van der Waals surface area (Å²) in [6.45, 7) is 1.29. The fourth-order valence-electron chi connectivity index (χ4n) is 3.39. The lowest BCUT2D eigenvalue weighted by Crippen LogP contribution is -2.38. The predicted molar refractivity (Wildman–Crippen MR) is 105 cm³/mol. The van der Waals surface area contributed by atoms with E-state index in [0.717, 1.165) is 17.7 Å². The van der Waals surface area contributed by atoms with Gasteiger partial charge in [-0.3, -0.25) is 4.79 Å². The summed E-state index contributed by atoms with van der Waals surface area (Å²) in [5.41, 5.74) is 0.592. The van der Waals surface area contributed by atoms with Crippen molar-refractivity contribution in [3.8, 4) is 22.2 Å². The van der Waals surface area contributed by atoms with Gasteiger partial charge in [-0.2, -0.15) is 4.98 Å². The Labute approximate surface area is 166 Å². The summed E-state index contributed by atoms with van der Waals surface area (Å²) in [4.78, 5) is 20.2. The molecule has 7 nitrogen and oxygen atoms in total. The minimum Gasteiger partial charge on any atom is -0.493 e.